The predicted molar refractivity (Wildman–Crippen MR) is 101 cm³/mol. The fourth-order valence-corrected chi connectivity index (χ4v) is 4.07. The van der Waals surface area contributed by atoms with Crippen LogP contribution in [0.3, 0.4) is 0 Å². The van der Waals surface area contributed by atoms with E-state index in [2.05, 4.69) is 30.0 Å². The number of carboxylic acids is 1. The number of likely N-dealkylation sites (tertiary alicyclic amines) is 1. The average Bonchev–Trinajstić information content (AvgIpc) is 2.58. The lowest BCUT2D eigenvalue weighted by atomic mass is 9.91. The van der Waals surface area contributed by atoms with Gasteiger partial charge in [-0.2, -0.15) is 0 Å². The van der Waals surface area contributed by atoms with E-state index in [1.807, 2.05) is 18.2 Å². The number of rotatable bonds is 4. The fourth-order valence-electron chi connectivity index (χ4n) is 3.56. The molecule has 0 saturated carbocycles. The number of carbonyl (C=O) groups is 1. The quantitative estimate of drug-likeness (QED) is 0.796. The highest BCUT2D eigenvalue weighted by molar-refractivity contribution is 6.35. The molecule has 0 bridgehead atoms. The van der Waals surface area contributed by atoms with Gasteiger partial charge >= 0.3 is 5.97 Å². The Morgan fingerprint density at radius 2 is 1.88 bits per heavy atom. The molecule has 1 atom stereocenters. The van der Waals surface area contributed by atoms with Gasteiger partial charge < -0.3 is 5.11 Å². The summed E-state index contributed by atoms with van der Waals surface area (Å²) in [5, 5.41) is 10.5. The third-order valence-electron chi connectivity index (χ3n) is 4.86. The first-order chi connectivity index (χ1) is 12.0. The van der Waals surface area contributed by atoms with E-state index in [1.54, 1.807) is 6.07 Å². The van der Waals surface area contributed by atoms with Gasteiger partial charge in [0.1, 0.15) is 0 Å². The highest BCUT2D eigenvalue weighted by Gasteiger charge is 2.31. The zero-order chi connectivity index (χ0) is 18.0. The number of piperidine rings is 1. The van der Waals surface area contributed by atoms with Crippen LogP contribution in [0.25, 0.3) is 0 Å². The van der Waals surface area contributed by atoms with Gasteiger partial charge in [-0.05, 0) is 56.1 Å². The number of hydrogen-bond acceptors (Lipinski definition) is 2. The summed E-state index contributed by atoms with van der Waals surface area (Å²) in [6.45, 7) is 3.53. The smallest absolute Gasteiger partial charge is 0.306 e. The summed E-state index contributed by atoms with van der Waals surface area (Å²) < 4.78 is 0. The molecule has 2 aromatic carbocycles. The SMILES string of the molecule is Cc1cccc(C(c2ccc(Cl)cc2Cl)N2CCC(C(=O)O)CC2)c1. The molecule has 1 saturated heterocycles. The van der Waals surface area contributed by atoms with Crippen molar-refractivity contribution < 1.29 is 9.90 Å². The molecule has 2 aromatic rings. The number of carboxylic acid groups (broad SMARTS) is 1. The largest absolute Gasteiger partial charge is 0.481 e. The van der Waals surface area contributed by atoms with E-state index in [0.717, 1.165) is 24.2 Å². The number of aliphatic carboxylic acids is 1. The van der Waals surface area contributed by atoms with Crippen molar-refractivity contribution in [2.24, 2.45) is 5.92 Å². The molecule has 0 aromatic heterocycles. The Morgan fingerprint density at radius 1 is 1.16 bits per heavy atom. The van der Waals surface area contributed by atoms with E-state index in [-0.39, 0.29) is 12.0 Å². The van der Waals surface area contributed by atoms with Crippen LogP contribution in [0.1, 0.15) is 35.6 Å². The number of benzene rings is 2. The predicted octanol–water partition coefficient (Wildman–Crippen LogP) is 5.19. The van der Waals surface area contributed by atoms with Crippen molar-refractivity contribution in [1.82, 2.24) is 4.90 Å². The van der Waals surface area contributed by atoms with Crippen LogP contribution in [-0.4, -0.2) is 29.1 Å². The summed E-state index contributed by atoms with van der Waals surface area (Å²) in [4.78, 5) is 13.6. The first-order valence-corrected chi connectivity index (χ1v) is 9.19. The summed E-state index contributed by atoms with van der Waals surface area (Å²) in [7, 11) is 0. The normalized spacial score (nSPS) is 17.4. The van der Waals surface area contributed by atoms with E-state index in [4.69, 9.17) is 23.2 Å². The number of halogens is 2. The molecule has 0 spiro atoms. The fraction of sp³-hybridized carbons (Fsp3) is 0.350. The molecule has 3 rings (SSSR count). The molecule has 0 aliphatic carbocycles. The van der Waals surface area contributed by atoms with E-state index in [0.29, 0.717) is 22.9 Å². The van der Waals surface area contributed by atoms with Gasteiger partial charge in [0.05, 0.1) is 12.0 Å². The lowest BCUT2D eigenvalue weighted by molar-refractivity contribution is -0.143. The Morgan fingerprint density at radius 3 is 2.48 bits per heavy atom. The van der Waals surface area contributed by atoms with Crippen molar-refractivity contribution in [3.63, 3.8) is 0 Å². The van der Waals surface area contributed by atoms with Gasteiger partial charge in [-0.3, -0.25) is 9.69 Å². The van der Waals surface area contributed by atoms with E-state index in [9.17, 15) is 9.90 Å². The molecule has 1 aliphatic rings. The second-order valence-electron chi connectivity index (χ2n) is 6.63. The maximum absolute atomic E-state index is 11.3. The lowest BCUT2D eigenvalue weighted by Gasteiger charge is -2.37. The Kier molecular flexibility index (Phi) is 5.67. The molecule has 1 N–H and O–H groups in total. The number of aryl methyl sites for hydroxylation is 1. The molecular weight excluding hydrogens is 357 g/mol. The second kappa shape index (κ2) is 7.77. The van der Waals surface area contributed by atoms with Gasteiger partial charge in [-0.1, -0.05) is 59.1 Å². The molecule has 25 heavy (non-hydrogen) atoms. The van der Waals surface area contributed by atoms with Crippen molar-refractivity contribution in [3.8, 4) is 0 Å². The third-order valence-corrected chi connectivity index (χ3v) is 5.42. The minimum Gasteiger partial charge on any atom is -0.481 e. The summed E-state index contributed by atoms with van der Waals surface area (Å²) in [5.41, 5.74) is 3.36. The van der Waals surface area contributed by atoms with Crippen LogP contribution in [-0.2, 0) is 4.79 Å². The molecule has 1 unspecified atom stereocenters. The molecule has 132 valence electrons. The van der Waals surface area contributed by atoms with Crippen LogP contribution in [0.2, 0.25) is 10.0 Å². The molecule has 3 nitrogen and oxygen atoms in total. The third kappa shape index (κ3) is 4.17. The van der Waals surface area contributed by atoms with Crippen molar-refractivity contribution in [1.29, 1.82) is 0 Å². The Balaban J connectivity index is 1.97. The first-order valence-electron chi connectivity index (χ1n) is 8.44. The summed E-state index contributed by atoms with van der Waals surface area (Å²) >= 11 is 12.6. The zero-order valence-corrected chi connectivity index (χ0v) is 15.6. The average molecular weight is 378 g/mol. The number of nitrogens with zero attached hydrogens (tertiary/aromatic N) is 1. The minimum atomic E-state index is -0.698. The second-order valence-corrected chi connectivity index (χ2v) is 7.47. The topological polar surface area (TPSA) is 40.5 Å². The summed E-state index contributed by atoms with van der Waals surface area (Å²) in [6.07, 6.45) is 1.31. The van der Waals surface area contributed by atoms with Gasteiger partial charge in [0.15, 0.2) is 0 Å². The van der Waals surface area contributed by atoms with Crippen molar-refractivity contribution in [3.05, 3.63) is 69.2 Å². The van der Waals surface area contributed by atoms with Gasteiger partial charge in [0, 0.05) is 10.0 Å². The Bertz CT molecular complexity index is 770. The molecule has 1 aliphatic heterocycles. The van der Waals surface area contributed by atoms with Gasteiger partial charge in [0.25, 0.3) is 0 Å². The molecular formula is C20H21Cl2NO2. The molecule has 0 radical (unpaired) electrons. The summed E-state index contributed by atoms with van der Waals surface area (Å²) in [6, 6.07) is 14.0. The van der Waals surface area contributed by atoms with E-state index in [1.165, 1.54) is 5.56 Å². The maximum atomic E-state index is 11.3. The summed E-state index contributed by atoms with van der Waals surface area (Å²) in [5.74, 6) is -0.952. The molecule has 0 amide bonds. The van der Waals surface area contributed by atoms with Crippen LogP contribution in [0, 0.1) is 12.8 Å². The highest BCUT2D eigenvalue weighted by atomic mass is 35.5. The van der Waals surface area contributed by atoms with Crippen molar-refractivity contribution in [2.45, 2.75) is 25.8 Å². The lowest BCUT2D eigenvalue weighted by Crippen LogP contribution is -2.39. The highest BCUT2D eigenvalue weighted by Crippen LogP contribution is 2.37. The standard InChI is InChI=1S/C20H21Cl2NO2/c1-13-3-2-4-15(11-13)19(17-6-5-16(21)12-18(17)22)23-9-7-14(8-10-23)20(24)25/h2-6,11-12,14,19H,7-10H2,1H3,(H,24,25). The van der Waals surface area contributed by atoms with Crippen molar-refractivity contribution in [2.75, 3.05) is 13.1 Å². The van der Waals surface area contributed by atoms with E-state index < -0.39 is 5.97 Å². The first kappa shape index (κ1) is 18.2. The monoisotopic (exact) mass is 377 g/mol. The van der Waals surface area contributed by atoms with E-state index >= 15 is 0 Å². The van der Waals surface area contributed by atoms with Crippen LogP contribution in [0.4, 0.5) is 0 Å². The van der Waals surface area contributed by atoms with Crippen LogP contribution in [0.15, 0.2) is 42.5 Å². The van der Waals surface area contributed by atoms with Gasteiger partial charge in [0.2, 0.25) is 0 Å². The molecule has 1 heterocycles. The van der Waals surface area contributed by atoms with Gasteiger partial charge in [-0.15, -0.1) is 0 Å². The minimum absolute atomic E-state index is 0.000545. The van der Waals surface area contributed by atoms with Crippen LogP contribution in [0.5, 0.6) is 0 Å². The van der Waals surface area contributed by atoms with Crippen molar-refractivity contribution >= 4 is 29.2 Å². The zero-order valence-electron chi connectivity index (χ0n) is 14.1. The maximum Gasteiger partial charge on any atom is 0.306 e. The Labute approximate surface area is 158 Å². The molecule has 5 heteroatoms. The van der Waals surface area contributed by atoms with Gasteiger partial charge in [-0.25, -0.2) is 0 Å². The number of hydrogen-bond donors (Lipinski definition) is 1. The Hall–Kier alpha value is -1.55. The van der Waals surface area contributed by atoms with Crippen LogP contribution < -0.4 is 0 Å². The molecule has 1 fully saturated rings. The van der Waals surface area contributed by atoms with Crippen LogP contribution >= 0.6 is 23.2 Å².